The molecular formula is C15H18N4O3S. The van der Waals surface area contributed by atoms with Crippen LogP contribution < -0.4 is 11.1 Å². The van der Waals surface area contributed by atoms with Crippen LogP contribution in [-0.2, 0) is 29.3 Å². The van der Waals surface area contributed by atoms with E-state index in [-0.39, 0.29) is 24.8 Å². The monoisotopic (exact) mass is 334 g/mol. The fraction of sp³-hybridized carbons (Fsp3) is 0.267. The number of hydrogen-bond donors (Lipinski definition) is 3. The Morgan fingerprint density at radius 2 is 2.04 bits per heavy atom. The van der Waals surface area contributed by atoms with Gasteiger partial charge in [-0.2, -0.15) is 0 Å². The van der Waals surface area contributed by atoms with E-state index in [0.29, 0.717) is 17.4 Å². The Bertz CT molecular complexity index is 673. The van der Waals surface area contributed by atoms with Crippen LogP contribution >= 0.6 is 11.8 Å². The van der Waals surface area contributed by atoms with Gasteiger partial charge in [-0.15, -0.1) is 0 Å². The molecule has 0 bridgehead atoms. The number of rotatable bonds is 8. The fourth-order valence-electron chi connectivity index (χ4n) is 1.94. The number of amides is 2. The Hall–Kier alpha value is -2.32. The third kappa shape index (κ3) is 5.11. The van der Waals surface area contributed by atoms with Gasteiger partial charge in [-0.1, -0.05) is 42.1 Å². The van der Waals surface area contributed by atoms with Gasteiger partial charge in [-0.25, -0.2) is 4.98 Å². The number of aliphatic hydroxyl groups excluding tert-OH is 1. The van der Waals surface area contributed by atoms with Gasteiger partial charge in [-0.3, -0.25) is 9.59 Å². The number of hydrogen-bond acceptors (Lipinski definition) is 5. The summed E-state index contributed by atoms with van der Waals surface area (Å²) in [5, 5.41) is 12.5. The summed E-state index contributed by atoms with van der Waals surface area (Å²) in [4.78, 5) is 27.1. The predicted molar refractivity (Wildman–Crippen MR) is 86.4 cm³/mol. The van der Waals surface area contributed by atoms with Gasteiger partial charge in [-0.05, 0) is 5.56 Å². The Morgan fingerprint density at radius 3 is 2.70 bits per heavy atom. The quantitative estimate of drug-likeness (QED) is 0.600. The van der Waals surface area contributed by atoms with E-state index < -0.39 is 5.91 Å². The van der Waals surface area contributed by atoms with E-state index in [0.717, 1.165) is 5.56 Å². The van der Waals surface area contributed by atoms with Gasteiger partial charge in [0.1, 0.15) is 6.54 Å². The van der Waals surface area contributed by atoms with Crippen LogP contribution in [0.4, 0.5) is 0 Å². The summed E-state index contributed by atoms with van der Waals surface area (Å²) in [7, 11) is 0. The Labute approximate surface area is 137 Å². The molecule has 7 nitrogen and oxygen atoms in total. The van der Waals surface area contributed by atoms with E-state index in [4.69, 9.17) is 5.73 Å². The molecule has 0 spiro atoms. The number of imidazole rings is 1. The largest absolute Gasteiger partial charge is 0.390 e. The highest BCUT2D eigenvalue weighted by molar-refractivity contribution is 7.99. The highest BCUT2D eigenvalue weighted by Gasteiger charge is 2.13. The van der Waals surface area contributed by atoms with Crippen LogP contribution in [0.25, 0.3) is 0 Å². The smallest absolute Gasteiger partial charge is 0.237 e. The topological polar surface area (TPSA) is 110 Å². The van der Waals surface area contributed by atoms with Crippen LogP contribution in [0.15, 0.2) is 41.7 Å². The van der Waals surface area contributed by atoms with Crippen molar-refractivity contribution in [3.05, 3.63) is 47.8 Å². The van der Waals surface area contributed by atoms with E-state index in [1.807, 2.05) is 30.3 Å². The molecule has 1 heterocycles. The maximum absolute atomic E-state index is 11.9. The first kappa shape index (κ1) is 17.0. The lowest BCUT2D eigenvalue weighted by Crippen LogP contribution is -2.25. The minimum absolute atomic E-state index is 0.0795. The van der Waals surface area contributed by atoms with Crippen molar-refractivity contribution in [2.75, 3.05) is 5.75 Å². The summed E-state index contributed by atoms with van der Waals surface area (Å²) in [6.45, 7) is 0.128. The summed E-state index contributed by atoms with van der Waals surface area (Å²) < 4.78 is 1.51. The Balaban J connectivity index is 1.89. The molecule has 1 aromatic carbocycles. The number of primary amides is 1. The van der Waals surface area contributed by atoms with Crippen molar-refractivity contribution >= 4 is 23.6 Å². The van der Waals surface area contributed by atoms with Crippen molar-refractivity contribution in [3.63, 3.8) is 0 Å². The summed E-state index contributed by atoms with van der Waals surface area (Å²) in [5.41, 5.74) is 6.69. The standard InChI is InChI=1S/C15H18N4O3S/c16-13(21)8-19-12(9-20)7-18-15(19)23-10-14(22)17-6-11-4-2-1-3-5-11/h1-5,7,20H,6,8-10H2,(H2,16,21)(H,17,22). The normalized spacial score (nSPS) is 10.5. The molecule has 0 saturated heterocycles. The summed E-state index contributed by atoms with van der Waals surface area (Å²) in [5.74, 6) is -0.515. The van der Waals surface area contributed by atoms with Crippen LogP contribution in [-0.4, -0.2) is 32.2 Å². The maximum Gasteiger partial charge on any atom is 0.237 e. The zero-order valence-electron chi connectivity index (χ0n) is 12.4. The molecule has 0 radical (unpaired) electrons. The van der Waals surface area contributed by atoms with Crippen molar-refractivity contribution in [3.8, 4) is 0 Å². The van der Waals surface area contributed by atoms with Crippen LogP contribution in [0.5, 0.6) is 0 Å². The zero-order valence-corrected chi connectivity index (χ0v) is 13.3. The highest BCUT2D eigenvalue weighted by atomic mass is 32.2. The minimum Gasteiger partial charge on any atom is -0.390 e. The molecule has 1 aromatic heterocycles. The van der Waals surface area contributed by atoms with Gasteiger partial charge in [0.2, 0.25) is 11.8 Å². The number of nitrogens with zero attached hydrogens (tertiary/aromatic N) is 2. The Morgan fingerprint density at radius 1 is 1.30 bits per heavy atom. The van der Waals surface area contributed by atoms with Crippen LogP contribution in [0.3, 0.4) is 0 Å². The number of thioether (sulfide) groups is 1. The number of aromatic nitrogens is 2. The summed E-state index contributed by atoms with van der Waals surface area (Å²) in [6.07, 6.45) is 1.47. The maximum atomic E-state index is 11.9. The van der Waals surface area contributed by atoms with Crippen LogP contribution in [0.1, 0.15) is 11.3 Å². The third-order valence-corrected chi connectivity index (χ3v) is 4.03. The molecule has 0 aliphatic heterocycles. The van der Waals surface area contributed by atoms with E-state index >= 15 is 0 Å². The van der Waals surface area contributed by atoms with Gasteiger partial charge in [0.05, 0.1) is 24.3 Å². The lowest BCUT2D eigenvalue weighted by atomic mass is 10.2. The van der Waals surface area contributed by atoms with Gasteiger partial charge in [0, 0.05) is 6.54 Å². The summed E-state index contributed by atoms with van der Waals surface area (Å²) in [6, 6.07) is 9.60. The second kappa shape index (κ2) is 8.35. The van der Waals surface area contributed by atoms with E-state index in [1.54, 1.807) is 0 Å². The van der Waals surface area contributed by atoms with Crippen molar-refractivity contribution in [1.29, 1.82) is 0 Å². The average molecular weight is 334 g/mol. The van der Waals surface area contributed by atoms with Crippen LogP contribution in [0.2, 0.25) is 0 Å². The lowest BCUT2D eigenvalue weighted by molar-refractivity contribution is -0.119. The molecule has 2 aromatic rings. The van der Waals surface area contributed by atoms with E-state index in [9.17, 15) is 14.7 Å². The molecule has 0 aliphatic rings. The first-order valence-corrected chi connectivity index (χ1v) is 7.95. The predicted octanol–water partition coefficient (Wildman–Crippen LogP) is 0.269. The van der Waals surface area contributed by atoms with Crippen LogP contribution in [0, 0.1) is 0 Å². The molecule has 8 heteroatoms. The van der Waals surface area contributed by atoms with Crippen molar-refractivity contribution in [2.45, 2.75) is 24.9 Å². The van der Waals surface area contributed by atoms with Crippen molar-refractivity contribution < 1.29 is 14.7 Å². The zero-order chi connectivity index (χ0) is 16.7. The molecule has 122 valence electrons. The van der Waals surface area contributed by atoms with E-state index in [2.05, 4.69) is 10.3 Å². The molecule has 0 aliphatic carbocycles. The lowest BCUT2D eigenvalue weighted by Gasteiger charge is -2.08. The summed E-state index contributed by atoms with van der Waals surface area (Å²) >= 11 is 1.19. The number of benzene rings is 1. The van der Waals surface area contributed by atoms with Gasteiger partial charge in [0.15, 0.2) is 5.16 Å². The SMILES string of the molecule is NC(=O)Cn1c(CO)cnc1SCC(=O)NCc1ccccc1. The number of nitrogens with two attached hydrogens (primary N) is 1. The third-order valence-electron chi connectivity index (χ3n) is 3.04. The van der Waals surface area contributed by atoms with Gasteiger partial charge >= 0.3 is 0 Å². The number of carbonyl (C=O) groups is 2. The highest BCUT2D eigenvalue weighted by Crippen LogP contribution is 2.18. The molecule has 2 amide bonds. The number of carbonyl (C=O) groups excluding carboxylic acids is 2. The molecule has 0 unspecified atom stereocenters. The molecule has 2 rings (SSSR count). The average Bonchev–Trinajstić information content (AvgIpc) is 2.93. The molecule has 0 saturated carbocycles. The van der Waals surface area contributed by atoms with Gasteiger partial charge in [0.25, 0.3) is 0 Å². The van der Waals surface area contributed by atoms with Gasteiger partial charge < -0.3 is 20.7 Å². The molecular weight excluding hydrogens is 316 g/mol. The first-order chi connectivity index (χ1) is 11.1. The molecule has 0 fully saturated rings. The first-order valence-electron chi connectivity index (χ1n) is 6.97. The van der Waals surface area contributed by atoms with Crippen molar-refractivity contribution in [2.24, 2.45) is 5.73 Å². The molecule has 0 atom stereocenters. The number of nitrogens with one attached hydrogen (secondary N) is 1. The van der Waals surface area contributed by atoms with E-state index in [1.165, 1.54) is 22.5 Å². The van der Waals surface area contributed by atoms with Crippen molar-refractivity contribution in [1.82, 2.24) is 14.9 Å². The second-order valence-corrected chi connectivity index (χ2v) is 5.74. The second-order valence-electron chi connectivity index (χ2n) is 4.79. The molecule has 4 N–H and O–H groups in total. The minimum atomic E-state index is -0.534. The number of aliphatic hydroxyl groups is 1. The fourth-order valence-corrected chi connectivity index (χ4v) is 2.76. The Kier molecular flexibility index (Phi) is 6.19. The molecule has 23 heavy (non-hydrogen) atoms.